The molecule has 1 aromatic carbocycles. The summed E-state index contributed by atoms with van der Waals surface area (Å²) < 4.78 is 42.5. The van der Waals surface area contributed by atoms with Gasteiger partial charge in [0.25, 0.3) is 0 Å². The number of aromatic nitrogens is 2. The highest BCUT2D eigenvalue weighted by atomic mass is 19.4. The Labute approximate surface area is 156 Å². The first-order chi connectivity index (χ1) is 13.3. The summed E-state index contributed by atoms with van der Waals surface area (Å²) in [6.45, 7) is 0. The van der Waals surface area contributed by atoms with Crippen LogP contribution in [-0.2, 0) is 0 Å². The van der Waals surface area contributed by atoms with E-state index in [1.165, 1.54) is 24.3 Å². The first-order valence-corrected chi connectivity index (χ1v) is 8.13. The van der Waals surface area contributed by atoms with E-state index < -0.39 is 12.5 Å². The summed E-state index contributed by atoms with van der Waals surface area (Å²) in [6.07, 6.45) is 4.36. The normalized spacial score (nSPS) is 19.2. The van der Waals surface area contributed by atoms with Crippen molar-refractivity contribution in [1.29, 1.82) is 0 Å². The molecule has 0 radical (unpaired) electrons. The third kappa shape index (κ3) is 3.46. The van der Waals surface area contributed by atoms with Crippen LogP contribution in [0, 0.1) is 0 Å². The molecule has 1 N–H and O–H groups in total. The lowest BCUT2D eigenvalue weighted by atomic mass is 9.85. The molecule has 0 saturated carbocycles. The number of nitrogens with zero attached hydrogens (tertiary/aromatic N) is 3. The molecule has 0 fully saturated rings. The van der Waals surface area contributed by atoms with Crippen LogP contribution in [0.1, 0.15) is 17.3 Å². The number of halogens is 3. The van der Waals surface area contributed by atoms with Gasteiger partial charge >= 0.3 is 12.5 Å². The Morgan fingerprint density at radius 3 is 2.61 bits per heavy atom. The molecular weight excluding hydrogens is 375 g/mol. The van der Waals surface area contributed by atoms with Gasteiger partial charge in [0.1, 0.15) is 12.1 Å². The molecule has 0 aliphatic heterocycles. The number of fused-ring (bicyclic) bond motifs is 3. The number of imidazole rings is 1. The summed E-state index contributed by atoms with van der Waals surface area (Å²) in [5.74, 6) is -0.451. The van der Waals surface area contributed by atoms with Crippen LogP contribution in [-0.4, -0.2) is 32.8 Å². The molecular formula is C19H12F3N3O3. The Morgan fingerprint density at radius 2 is 1.93 bits per heavy atom. The second-order valence-corrected chi connectivity index (χ2v) is 6.06. The van der Waals surface area contributed by atoms with Gasteiger partial charge in [-0.05, 0) is 48.1 Å². The van der Waals surface area contributed by atoms with Crippen molar-refractivity contribution in [3.05, 3.63) is 71.9 Å². The van der Waals surface area contributed by atoms with Gasteiger partial charge < -0.3 is 9.84 Å². The minimum Gasteiger partial charge on any atom is -0.463 e. The second-order valence-electron chi connectivity index (χ2n) is 6.06. The van der Waals surface area contributed by atoms with Crippen LogP contribution in [0.25, 0.3) is 11.8 Å². The number of hydrogen-bond donors (Lipinski definition) is 1. The third-order valence-electron chi connectivity index (χ3n) is 4.27. The van der Waals surface area contributed by atoms with E-state index in [2.05, 4.69) is 14.7 Å². The van der Waals surface area contributed by atoms with E-state index >= 15 is 0 Å². The van der Waals surface area contributed by atoms with E-state index in [1.807, 2.05) is 18.2 Å². The number of allylic oxidation sites excluding steroid dienone is 5. The van der Waals surface area contributed by atoms with Crippen LogP contribution in [0.4, 0.5) is 18.0 Å². The predicted octanol–water partition coefficient (Wildman–Crippen LogP) is 4.50. The molecule has 0 saturated heterocycles. The highest BCUT2D eigenvalue weighted by molar-refractivity contribution is 6.10. The SMILES string of the molecule is O=C(O)/N=C1/C=CC2C(=C1)C=Cc1c2ncn1-c1ccc(OC(F)(F)F)cc1. The largest absolute Gasteiger partial charge is 0.573 e. The Morgan fingerprint density at radius 1 is 1.18 bits per heavy atom. The molecule has 2 aliphatic rings. The minimum atomic E-state index is -4.74. The Bertz CT molecular complexity index is 1060. The average Bonchev–Trinajstić information content (AvgIpc) is 3.04. The molecule has 1 unspecified atom stereocenters. The smallest absolute Gasteiger partial charge is 0.463 e. The van der Waals surface area contributed by atoms with Gasteiger partial charge in [-0.3, -0.25) is 4.57 Å². The number of hydrogen-bond acceptors (Lipinski definition) is 3. The fourth-order valence-corrected chi connectivity index (χ4v) is 3.16. The molecule has 1 aromatic heterocycles. The average molecular weight is 387 g/mol. The zero-order valence-corrected chi connectivity index (χ0v) is 14.1. The van der Waals surface area contributed by atoms with Crippen LogP contribution >= 0.6 is 0 Å². The summed E-state index contributed by atoms with van der Waals surface area (Å²) in [6, 6.07) is 5.50. The van der Waals surface area contributed by atoms with Gasteiger partial charge in [-0.2, -0.15) is 4.99 Å². The number of rotatable bonds is 2. The fraction of sp³-hybridized carbons (Fsp3) is 0.105. The zero-order valence-electron chi connectivity index (χ0n) is 14.1. The molecule has 142 valence electrons. The lowest BCUT2D eigenvalue weighted by Crippen LogP contribution is -2.17. The Kier molecular flexibility index (Phi) is 4.14. The number of ether oxygens (including phenoxy) is 1. The maximum Gasteiger partial charge on any atom is 0.573 e. The van der Waals surface area contributed by atoms with E-state index in [4.69, 9.17) is 5.11 Å². The summed E-state index contributed by atoms with van der Waals surface area (Å²) >= 11 is 0. The number of benzene rings is 1. The molecule has 0 bridgehead atoms. The first kappa shape index (κ1) is 17.8. The van der Waals surface area contributed by atoms with Gasteiger partial charge in [-0.15, -0.1) is 13.2 Å². The highest BCUT2D eigenvalue weighted by Crippen LogP contribution is 2.37. The molecule has 1 atom stereocenters. The molecule has 4 rings (SSSR count). The number of carboxylic acid groups (broad SMARTS) is 1. The second kappa shape index (κ2) is 6.52. The summed E-state index contributed by atoms with van der Waals surface area (Å²) in [7, 11) is 0. The van der Waals surface area contributed by atoms with E-state index in [9.17, 15) is 18.0 Å². The van der Waals surface area contributed by atoms with Crippen molar-refractivity contribution >= 4 is 17.9 Å². The van der Waals surface area contributed by atoms with Gasteiger partial charge in [-0.25, -0.2) is 9.78 Å². The molecule has 2 aliphatic carbocycles. The van der Waals surface area contributed by atoms with Crippen LogP contribution in [0.15, 0.2) is 65.5 Å². The first-order valence-electron chi connectivity index (χ1n) is 8.13. The lowest BCUT2D eigenvalue weighted by Gasteiger charge is -2.21. The van der Waals surface area contributed by atoms with Gasteiger partial charge in [0, 0.05) is 11.6 Å². The predicted molar refractivity (Wildman–Crippen MR) is 94.7 cm³/mol. The van der Waals surface area contributed by atoms with Gasteiger partial charge in [-0.1, -0.05) is 12.2 Å². The molecule has 6 nitrogen and oxygen atoms in total. The van der Waals surface area contributed by atoms with Crippen LogP contribution in [0.3, 0.4) is 0 Å². The quantitative estimate of drug-likeness (QED) is 0.823. The highest BCUT2D eigenvalue weighted by Gasteiger charge is 2.31. The topological polar surface area (TPSA) is 76.7 Å². The maximum atomic E-state index is 12.3. The monoisotopic (exact) mass is 387 g/mol. The van der Waals surface area contributed by atoms with E-state index in [-0.39, 0.29) is 11.7 Å². The lowest BCUT2D eigenvalue weighted by molar-refractivity contribution is -0.274. The van der Waals surface area contributed by atoms with Crippen molar-refractivity contribution in [3.63, 3.8) is 0 Å². The molecule has 0 spiro atoms. The van der Waals surface area contributed by atoms with Crippen molar-refractivity contribution in [2.75, 3.05) is 0 Å². The maximum absolute atomic E-state index is 12.3. The summed E-state index contributed by atoms with van der Waals surface area (Å²) in [5, 5.41) is 8.78. The Hall–Kier alpha value is -3.62. The number of aliphatic imine (C=N–C) groups is 1. The molecule has 9 heteroatoms. The number of amides is 1. The van der Waals surface area contributed by atoms with Crippen molar-refractivity contribution in [1.82, 2.24) is 9.55 Å². The zero-order chi connectivity index (χ0) is 19.9. The van der Waals surface area contributed by atoms with Crippen molar-refractivity contribution in [2.45, 2.75) is 12.3 Å². The standard InChI is InChI=1S/C19H12F3N3O3/c20-19(21,22)28-14-5-3-13(4-6-14)25-10-23-17-15-7-2-12(24-18(26)27)9-11(15)1-8-16(17)25/h1-10,15H,(H,26,27)/b24-12-. The third-order valence-corrected chi connectivity index (χ3v) is 4.27. The van der Waals surface area contributed by atoms with E-state index in [0.717, 1.165) is 17.0 Å². The fourth-order valence-electron chi connectivity index (χ4n) is 3.16. The molecule has 1 amide bonds. The van der Waals surface area contributed by atoms with Gasteiger partial charge in [0.15, 0.2) is 0 Å². The van der Waals surface area contributed by atoms with Gasteiger partial charge in [0.2, 0.25) is 0 Å². The molecule has 1 heterocycles. The van der Waals surface area contributed by atoms with Crippen molar-refractivity contribution in [2.24, 2.45) is 4.99 Å². The van der Waals surface area contributed by atoms with Crippen LogP contribution in [0.2, 0.25) is 0 Å². The van der Waals surface area contributed by atoms with Gasteiger partial charge in [0.05, 0.1) is 17.1 Å². The molecule has 28 heavy (non-hydrogen) atoms. The number of alkyl halides is 3. The van der Waals surface area contributed by atoms with E-state index in [0.29, 0.717) is 11.4 Å². The number of carbonyl (C=O) groups is 1. The molecule has 2 aromatic rings. The van der Waals surface area contributed by atoms with E-state index in [1.54, 1.807) is 23.0 Å². The van der Waals surface area contributed by atoms with Crippen LogP contribution in [0.5, 0.6) is 5.75 Å². The Balaban J connectivity index is 1.64. The minimum absolute atomic E-state index is 0.151. The summed E-state index contributed by atoms with van der Waals surface area (Å²) in [4.78, 5) is 18.7. The van der Waals surface area contributed by atoms with Crippen molar-refractivity contribution in [3.8, 4) is 11.4 Å². The van der Waals surface area contributed by atoms with Crippen LogP contribution < -0.4 is 4.74 Å². The van der Waals surface area contributed by atoms with Crippen molar-refractivity contribution < 1.29 is 27.8 Å². The summed E-state index contributed by atoms with van der Waals surface area (Å²) in [5.41, 5.74) is 3.37.